The first-order valence-corrected chi connectivity index (χ1v) is 8.59. The fraction of sp³-hybridized carbons (Fsp3) is 0.571. The molecule has 0 aliphatic heterocycles. The Morgan fingerprint density at radius 1 is 1.40 bits per heavy atom. The van der Waals surface area contributed by atoms with E-state index in [4.69, 9.17) is 4.74 Å². The zero-order chi connectivity index (χ0) is 15.2. The predicted octanol–water partition coefficient (Wildman–Crippen LogP) is 0.932. The van der Waals surface area contributed by atoms with Crippen LogP contribution in [0.4, 0.5) is 0 Å². The minimum atomic E-state index is -2.92. The second-order valence-electron chi connectivity index (χ2n) is 5.01. The van der Waals surface area contributed by atoms with Crippen molar-refractivity contribution in [1.29, 1.82) is 0 Å². The summed E-state index contributed by atoms with van der Waals surface area (Å²) >= 11 is 0. The summed E-state index contributed by atoms with van der Waals surface area (Å²) in [5.41, 5.74) is 1.12. The number of hydrogen-bond donors (Lipinski definition) is 1. The molecule has 1 aromatic carbocycles. The molecule has 0 heterocycles. The maximum atomic E-state index is 11.2. The SMILES string of the molecule is CNC(CN(C)CCS(C)(=O)=O)c1cccc(OC)c1. The first-order chi connectivity index (χ1) is 9.35. The molecule has 0 bridgehead atoms. The molecule has 1 atom stereocenters. The number of nitrogens with one attached hydrogen (secondary N) is 1. The van der Waals surface area contributed by atoms with Crippen LogP contribution in [0, 0.1) is 0 Å². The van der Waals surface area contributed by atoms with Crippen molar-refractivity contribution >= 4 is 9.84 Å². The lowest BCUT2D eigenvalue weighted by atomic mass is 10.1. The zero-order valence-corrected chi connectivity index (χ0v) is 13.4. The number of rotatable bonds is 8. The number of likely N-dealkylation sites (N-methyl/N-ethyl adjacent to an activating group) is 2. The molecule has 1 rings (SSSR count). The molecule has 0 saturated carbocycles. The monoisotopic (exact) mass is 300 g/mol. The van der Waals surface area contributed by atoms with Gasteiger partial charge >= 0.3 is 0 Å². The maximum absolute atomic E-state index is 11.2. The normalized spacial score (nSPS) is 13.4. The van der Waals surface area contributed by atoms with E-state index in [2.05, 4.69) is 5.32 Å². The van der Waals surface area contributed by atoms with E-state index in [9.17, 15) is 8.42 Å². The molecular weight excluding hydrogens is 276 g/mol. The van der Waals surface area contributed by atoms with Gasteiger partial charge in [-0.05, 0) is 31.8 Å². The summed E-state index contributed by atoms with van der Waals surface area (Å²) in [4.78, 5) is 2.02. The molecule has 114 valence electrons. The van der Waals surface area contributed by atoms with Gasteiger partial charge in [0.05, 0.1) is 12.9 Å². The first kappa shape index (κ1) is 16.9. The van der Waals surface area contributed by atoms with E-state index in [1.165, 1.54) is 6.26 Å². The third-order valence-corrected chi connectivity index (χ3v) is 4.11. The molecule has 5 nitrogen and oxygen atoms in total. The number of methoxy groups -OCH3 is 1. The van der Waals surface area contributed by atoms with Gasteiger partial charge in [0.15, 0.2) is 0 Å². The Bertz CT molecular complexity index is 517. The molecule has 0 aliphatic rings. The van der Waals surface area contributed by atoms with Gasteiger partial charge < -0.3 is 15.0 Å². The lowest BCUT2D eigenvalue weighted by Crippen LogP contribution is -2.34. The van der Waals surface area contributed by atoms with Crippen LogP contribution < -0.4 is 10.1 Å². The van der Waals surface area contributed by atoms with Gasteiger partial charge in [0.25, 0.3) is 0 Å². The average Bonchev–Trinajstić information content (AvgIpc) is 2.41. The van der Waals surface area contributed by atoms with Crippen LogP contribution in [0.15, 0.2) is 24.3 Å². The summed E-state index contributed by atoms with van der Waals surface area (Å²) in [6, 6.07) is 8.02. The Morgan fingerprint density at radius 2 is 2.10 bits per heavy atom. The van der Waals surface area contributed by atoms with Crippen LogP contribution in [0.25, 0.3) is 0 Å². The summed E-state index contributed by atoms with van der Waals surface area (Å²) in [7, 11) is 2.55. The standard InChI is InChI=1S/C14H24N2O3S/c1-15-14(11-16(2)8-9-20(4,17)18)12-6-5-7-13(10-12)19-3/h5-7,10,14-15H,8-9,11H2,1-4H3. The van der Waals surface area contributed by atoms with Gasteiger partial charge in [0, 0.05) is 25.4 Å². The van der Waals surface area contributed by atoms with Gasteiger partial charge in [-0.25, -0.2) is 8.42 Å². The van der Waals surface area contributed by atoms with E-state index in [-0.39, 0.29) is 11.8 Å². The molecule has 6 heteroatoms. The lowest BCUT2D eigenvalue weighted by molar-refractivity contribution is 0.311. The molecule has 0 spiro atoms. The maximum Gasteiger partial charge on any atom is 0.148 e. The van der Waals surface area contributed by atoms with E-state index >= 15 is 0 Å². The Balaban J connectivity index is 2.66. The van der Waals surface area contributed by atoms with Gasteiger partial charge in [-0.1, -0.05) is 12.1 Å². The Hall–Kier alpha value is -1.11. The van der Waals surface area contributed by atoms with E-state index in [1.807, 2.05) is 43.3 Å². The first-order valence-electron chi connectivity index (χ1n) is 6.53. The molecule has 20 heavy (non-hydrogen) atoms. The van der Waals surface area contributed by atoms with E-state index in [0.717, 1.165) is 17.9 Å². The van der Waals surface area contributed by atoms with Crippen LogP contribution in [-0.2, 0) is 9.84 Å². The highest BCUT2D eigenvalue weighted by Crippen LogP contribution is 2.19. The number of benzene rings is 1. The molecule has 1 N–H and O–H groups in total. The van der Waals surface area contributed by atoms with Crippen molar-refractivity contribution in [3.05, 3.63) is 29.8 Å². The number of ether oxygens (including phenoxy) is 1. The van der Waals surface area contributed by atoms with E-state index in [1.54, 1.807) is 7.11 Å². The van der Waals surface area contributed by atoms with Crippen LogP contribution in [0.1, 0.15) is 11.6 Å². The van der Waals surface area contributed by atoms with Crippen molar-refractivity contribution in [2.75, 3.05) is 46.3 Å². The minimum absolute atomic E-state index is 0.134. The van der Waals surface area contributed by atoms with Crippen molar-refractivity contribution in [2.45, 2.75) is 6.04 Å². The molecule has 0 radical (unpaired) electrons. The predicted molar refractivity (Wildman–Crippen MR) is 82.0 cm³/mol. The molecule has 0 aromatic heterocycles. The Kier molecular flexibility index (Phi) is 6.45. The molecule has 0 fully saturated rings. The summed E-state index contributed by atoms with van der Waals surface area (Å²) in [6.45, 7) is 1.26. The van der Waals surface area contributed by atoms with Crippen molar-refractivity contribution in [3.63, 3.8) is 0 Å². The molecular formula is C14H24N2O3S. The van der Waals surface area contributed by atoms with Crippen LogP contribution in [0.2, 0.25) is 0 Å². The second-order valence-corrected chi connectivity index (χ2v) is 7.27. The van der Waals surface area contributed by atoms with Crippen molar-refractivity contribution < 1.29 is 13.2 Å². The third-order valence-electron chi connectivity index (χ3n) is 3.18. The van der Waals surface area contributed by atoms with Gasteiger partial charge in [-0.2, -0.15) is 0 Å². The third kappa shape index (κ3) is 5.90. The summed E-state index contributed by atoms with van der Waals surface area (Å²) in [6.07, 6.45) is 1.26. The van der Waals surface area contributed by atoms with E-state index < -0.39 is 9.84 Å². The molecule has 0 amide bonds. The zero-order valence-electron chi connectivity index (χ0n) is 12.6. The van der Waals surface area contributed by atoms with Gasteiger partial charge in [-0.15, -0.1) is 0 Å². The van der Waals surface area contributed by atoms with Gasteiger partial charge in [0.2, 0.25) is 0 Å². The Labute approximate surface area is 121 Å². The van der Waals surface area contributed by atoms with Crippen LogP contribution in [-0.4, -0.2) is 59.6 Å². The Morgan fingerprint density at radius 3 is 2.65 bits per heavy atom. The largest absolute Gasteiger partial charge is 0.497 e. The highest BCUT2D eigenvalue weighted by Gasteiger charge is 2.14. The van der Waals surface area contributed by atoms with Gasteiger partial charge in [0.1, 0.15) is 15.6 Å². The summed E-state index contributed by atoms with van der Waals surface area (Å²) < 4.78 is 27.6. The quantitative estimate of drug-likeness (QED) is 0.774. The minimum Gasteiger partial charge on any atom is -0.497 e. The fourth-order valence-corrected chi connectivity index (χ4v) is 2.59. The van der Waals surface area contributed by atoms with Crippen molar-refractivity contribution in [2.24, 2.45) is 0 Å². The number of sulfone groups is 1. The van der Waals surface area contributed by atoms with Crippen LogP contribution in [0.5, 0.6) is 5.75 Å². The van der Waals surface area contributed by atoms with Crippen molar-refractivity contribution in [1.82, 2.24) is 10.2 Å². The molecule has 0 saturated heterocycles. The van der Waals surface area contributed by atoms with Crippen LogP contribution in [0.3, 0.4) is 0 Å². The van der Waals surface area contributed by atoms with E-state index in [0.29, 0.717) is 6.54 Å². The fourth-order valence-electron chi connectivity index (χ4n) is 1.95. The highest BCUT2D eigenvalue weighted by atomic mass is 32.2. The molecule has 0 aliphatic carbocycles. The number of hydrogen-bond acceptors (Lipinski definition) is 5. The topological polar surface area (TPSA) is 58.6 Å². The summed E-state index contributed by atoms with van der Waals surface area (Å²) in [5.74, 6) is 0.999. The van der Waals surface area contributed by atoms with Crippen molar-refractivity contribution in [3.8, 4) is 5.75 Å². The summed E-state index contributed by atoms with van der Waals surface area (Å²) in [5, 5.41) is 3.25. The average molecular weight is 300 g/mol. The molecule has 1 unspecified atom stereocenters. The number of nitrogens with zero attached hydrogens (tertiary/aromatic N) is 1. The van der Waals surface area contributed by atoms with Gasteiger partial charge in [-0.3, -0.25) is 0 Å². The van der Waals surface area contributed by atoms with Crippen LogP contribution >= 0.6 is 0 Å². The lowest BCUT2D eigenvalue weighted by Gasteiger charge is -2.24. The highest BCUT2D eigenvalue weighted by molar-refractivity contribution is 7.90. The second kappa shape index (κ2) is 7.61. The molecule has 1 aromatic rings. The smallest absolute Gasteiger partial charge is 0.148 e.